The molecule has 17 heavy (non-hydrogen) atoms. The van der Waals surface area contributed by atoms with E-state index in [9.17, 15) is 16.9 Å². The molecule has 0 spiro atoms. The van der Waals surface area contributed by atoms with Crippen LogP contribution < -0.4 is 4.90 Å². The minimum atomic E-state index is -11.2. The Labute approximate surface area is 97.9 Å². The summed E-state index contributed by atoms with van der Waals surface area (Å²) in [6.07, 6.45) is 0. The van der Waals surface area contributed by atoms with Gasteiger partial charge in [-0.05, 0) is 0 Å². The molecule has 1 rings (SSSR count). The molecular weight excluding hydrogens is 358 g/mol. The van der Waals surface area contributed by atoms with Crippen molar-refractivity contribution < 1.29 is 21.8 Å². The van der Waals surface area contributed by atoms with E-state index in [4.69, 9.17) is 0 Å². The monoisotopic (exact) mass is 371 g/mol. The summed E-state index contributed by atoms with van der Waals surface area (Å²) in [5.41, 5.74) is 1.41. The topological polar surface area (TPSA) is 4.44 Å². The van der Waals surface area contributed by atoms with Crippen LogP contribution in [0.25, 0.3) is 0 Å². The third-order valence-corrected chi connectivity index (χ3v) is 1.40. The fourth-order valence-electron chi connectivity index (χ4n) is 1.00. The zero-order valence-corrected chi connectivity index (χ0v) is 11.9. The van der Waals surface area contributed by atoms with Crippen LogP contribution in [0.1, 0.15) is 5.56 Å². The maximum absolute atomic E-state index is 11.2. The van der Waals surface area contributed by atoms with Gasteiger partial charge >= 0.3 is 36.4 Å². The van der Waals surface area contributed by atoms with Gasteiger partial charge in [0.15, 0.2) is 0 Å². The van der Waals surface area contributed by atoms with Gasteiger partial charge < -0.3 is 4.90 Å². The molecule has 8 heteroatoms. The van der Waals surface area contributed by atoms with Crippen LogP contribution in [0.4, 0.5) is 16.9 Å². The molecule has 0 aromatic heterocycles. The molecule has 1 N–H and O–H groups in total. The number of benzene rings is 1. The number of hydrogen-bond acceptors (Lipinski definition) is 0. The van der Waals surface area contributed by atoms with Gasteiger partial charge in [0.25, 0.3) is 0 Å². The van der Waals surface area contributed by atoms with Crippen molar-refractivity contribution in [3.63, 3.8) is 0 Å². The fourth-order valence-corrected chi connectivity index (χ4v) is 1.00. The minimum absolute atomic E-state index is 1.11. The van der Waals surface area contributed by atoms with Crippen molar-refractivity contribution in [2.45, 2.75) is 6.54 Å². The van der Waals surface area contributed by atoms with E-state index in [1.54, 1.807) is 0 Å². The van der Waals surface area contributed by atoms with Gasteiger partial charge in [-0.3, -0.25) is 0 Å². The van der Waals surface area contributed by atoms with Crippen LogP contribution in [-0.4, -0.2) is 33.6 Å². The molecule has 0 heterocycles. The van der Waals surface area contributed by atoms with Crippen LogP contribution in [-0.2, 0) is 6.54 Å². The van der Waals surface area contributed by atoms with Crippen molar-refractivity contribution in [1.82, 2.24) is 0 Å². The first-order chi connectivity index (χ1) is 7.24. The van der Waals surface area contributed by atoms with E-state index in [1.165, 1.54) is 10.5 Å². The molecule has 0 radical (unpaired) electrons. The Bertz CT molecular complexity index is 332. The predicted octanol–water partition coefficient (Wildman–Crippen LogP) is 2.47. The molecular formula is C9H14F6NSb. The number of rotatable bonds is 2. The van der Waals surface area contributed by atoms with E-state index in [2.05, 4.69) is 44.4 Å². The van der Waals surface area contributed by atoms with Gasteiger partial charge in [0, 0.05) is 5.56 Å². The summed E-state index contributed by atoms with van der Waals surface area (Å²) in [5.74, 6) is 0. The van der Waals surface area contributed by atoms with Gasteiger partial charge in [-0.1, -0.05) is 30.3 Å². The van der Waals surface area contributed by atoms with Crippen molar-refractivity contribution in [2.75, 3.05) is 14.1 Å². The standard InChI is InChI=1S/C9H13N.6FH.Sb/c1-10(2)8-9-6-4-3-5-7-9;;;;;;;/h3-7H,8H2,1-2H3;6*1H;/q;;;;;;;+5/p-5. The molecule has 0 atom stereocenters. The molecule has 1 aromatic carbocycles. The van der Waals surface area contributed by atoms with Gasteiger partial charge in [0.2, 0.25) is 0 Å². The molecule has 0 aliphatic heterocycles. The molecule has 0 fully saturated rings. The van der Waals surface area contributed by atoms with Crippen LogP contribution in [0.5, 0.6) is 0 Å². The predicted molar refractivity (Wildman–Crippen MR) is 55.4 cm³/mol. The van der Waals surface area contributed by atoms with Gasteiger partial charge in [-0.25, -0.2) is 0 Å². The van der Waals surface area contributed by atoms with Gasteiger partial charge in [-0.15, -0.1) is 0 Å². The Balaban J connectivity index is 0.000000325. The Hall–Kier alpha value is -0.422. The fraction of sp³-hybridized carbons (Fsp3) is 0.333. The van der Waals surface area contributed by atoms with E-state index < -0.39 is 19.5 Å². The molecule has 0 bridgehead atoms. The van der Waals surface area contributed by atoms with Gasteiger partial charge in [0.05, 0.1) is 14.1 Å². The third kappa shape index (κ3) is 21.4. The molecule has 0 aliphatic carbocycles. The summed E-state index contributed by atoms with van der Waals surface area (Å²) in [6.45, 7) is 1.11. The molecule has 0 aliphatic rings. The first kappa shape index (κ1) is 16.6. The molecule has 1 aromatic rings. The molecule has 0 saturated carbocycles. The SMILES string of the molecule is C[NH+](C)Cc1ccccc1.[F][Sb-]([F])([F])([F])([F])[F]. The molecule has 102 valence electrons. The second kappa shape index (κ2) is 4.69. The number of hydrogen-bond donors (Lipinski definition) is 1. The number of quaternary nitrogens is 1. The van der Waals surface area contributed by atoms with Crippen LogP contribution >= 0.6 is 0 Å². The Morgan fingerprint density at radius 2 is 1.24 bits per heavy atom. The van der Waals surface area contributed by atoms with Gasteiger partial charge in [0.1, 0.15) is 6.54 Å². The van der Waals surface area contributed by atoms with Crippen molar-refractivity contribution in [3.05, 3.63) is 35.9 Å². The van der Waals surface area contributed by atoms with E-state index in [0.29, 0.717) is 0 Å². The van der Waals surface area contributed by atoms with Crippen LogP contribution in [0.3, 0.4) is 0 Å². The summed E-state index contributed by atoms with van der Waals surface area (Å²) in [5, 5.41) is 0. The van der Waals surface area contributed by atoms with E-state index in [-0.39, 0.29) is 0 Å². The summed E-state index contributed by atoms with van der Waals surface area (Å²) >= 11 is -11.2. The summed E-state index contributed by atoms with van der Waals surface area (Å²) < 4.78 is 59.6. The van der Waals surface area contributed by atoms with Crippen molar-refractivity contribution in [2.24, 2.45) is 0 Å². The molecule has 0 saturated heterocycles. The van der Waals surface area contributed by atoms with E-state index in [1.807, 2.05) is 0 Å². The van der Waals surface area contributed by atoms with E-state index >= 15 is 0 Å². The normalized spacial score (nSPS) is 15.6. The van der Waals surface area contributed by atoms with E-state index in [0.717, 1.165) is 6.54 Å². The average molecular weight is 372 g/mol. The molecule has 0 amide bonds. The van der Waals surface area contributed by atoms with Crippen LogP contribution in [0.2, 0.25) is 0 Å². The average Bonchev–Trinajstić information content (AvgIpc) is 1.98. The zero-order chi connectivity index (χ0) is 13.8. The second-order valence-corrected chi connectivity index (χ2v) is 9.30. The zero-order valence-electron chi connectivity index (χ0n) is 9.31. The second-order valence-electron chi connectivity index (χ2n) is 3.83. The summed E-state index contributed by atoms with van der Waals surface area (Å²) in [4.78, 5) is 1.46. The quantitative estimate of drug-likeness (QED) is 0.601. The number of nitrogens with one attached hydrogen (secondary N) is 1. The first-order valence-corrected chi connectivity index (χ1v) is 10.4. The van der Waals surface area contributed by atoms with Crippen molar-refractivity contribution in [1.29, 1.82) is 0 Å². The maximum atomic E-state index is 9.93. The van der Waals surface area contributed by atoms with Gasteiger partial charge in [-0.2, -0.15) is 0 Å². The summed E-state index contributed by atoms with van der Waals surface area (Å²) in [7, 11) is 4.32. The Morgan fingerprint density at radius 1 is 0.882 bits per heavy atom. The Morgan fingerprint density at radius 3 is 1.53 bits per heavy atom. The van der Waals surface area contributed by atoms with Crippen LogP contribution in [0.15, 0.2) is 30.3 Å². The summed E-state index contributed by atoms with van der Waals surface area (Å²) in [6, 6.07) is 10.5. The van der Waals surface area contributed by atoms with Crippen LogP contribution in [0, 0.1) is 0 Å². The first-order valence-electron chi connectivity index (χ1n) is 4.63. The molecule has 0 unspecified atom stereocenters. The number of halogens is 6. The van der Waals surface area contributed by atoms with Crippen molar-refractivity contribution >= 4 is 19.5 Å². The van der Waals surface area contributed by atoms with Crippen molar-refractivity contribution in [3.8, 4) is 0 Å². The third-order valence-electron chi connectivity index (χ3n) is 1.40. The molecule has 1 nitrogen and oxygen atoms in total. The Kier molecular flexibility index (Phi) is 4.57.